The highest BCUT2D eigenvalue weighted by Crippen LogP contribution is 2.25. The van der Waals surface area contributed by atoms with Crippen molar-refractivity contribution in [2.45, 2.75) is 18.9 Å². The van der Waals surface area contributed by atoms with Gasteiger partial charge in [0, 0.05) is 30.9 Å². The third-order valence-electron chi connectivity index (χ3n) is 2.90. The van der Waals surface area contributed by atoms with Crippen molar-refractivity contribution in [3.63, 3.8) is 0 Å². The first-order valence-corrected chi connectivity index (χ1v) is 5.52. The fraction of sp³-hybridized carbons (Fsp3) is 0.455. The summed E-state index contributed by atoms with van der Waals surface area (Å²) in [6.45, 7) is 1.37. The van der Waals surface area contributed by atoms with Crippen LogP contribution >= 0.6 is 0 Å². The van der Waals surface area contributed by atoms with Crippen molar-refractivity contribution < 1.29 is 9.31 Å². The summed E-state index contributed by atoms with van der Waals surface area (Å²) in [6.07, 6.45) is 1.86. The van der Waals surface area contributed by atoms with Gasteiger partial charge in [0.25, 0.3) is 5.69 Å². The number of non-ortho nitro benzene ring substituents is 1. The van der Waals surface area contributed by atoms with Gasteiger partial charge >= 0.3 is 0 Å². The van der Waals surface area contributed by atoms with Crippen LogP contribution in [0.15, 0.2) is 18.2 Å². The lowest BCUT2D eigenvalue weighted by atomic mass is 10.1. The Labute approximate surface area is 98.2 Å². The fourth-order valence-electron chi connectivity index (χ4n) is 2.09. The topological polar surface area (TPSA) is 72.4 Å². The van der Waals surface area contributed by atoms with E-state index in [1.54, 1.807) is 0 Å². The summed E-state index contributed by atoms with van der Waals surface area (Å²) in [7, 11) is 0. The largest absolute Gasteiger partial charge is 0.370 e. The van der Waals surface area contributed by atoms with E-state index in [0.717, 1.165) is 25.5 Å². The minimum Gasteiger partial charge on any atom is -0.370 e. The summed E-state index contributed by atoms with van der Waals surface area (Å²) in [4.78, 5) is 12.0. The van der Waals surface area contributed by atoms with Gasteiger partial charge in [-0.1, -0.05) is 0 Å². The Morgan fingerprint density at radius 1 is 1.47 bits per heavy atom. The van der Waals surface area contributed by atoms with Crippen LogP contribution < -0.4 is 10.6 Å². The molecule has 1 saturated heterocycles. The van der Waals surface area contributed by atoms with Crippen molar-refractivity contribution in [1.29, 1.82) is 0 Å². The van der Waals surface area contributed by atoms with Gasteiger partial charge in [0.2, 0.25) is 0 Å². The van der Waals surface area contributed by atoms with Crippen LogP contribution in [0.3, 0.4) is 0 Å². The van der Waals surface area contributed by atoms with Crippen molar-refractivity contribution in [2.75, 3.05) is 18.0 Å². The molecule has 0 radical (unpaired) electrons. The van der Waals surface area contributed by atoms with Gasteiger partial charge in [0.05, 0.1) is 11.0 Å². The Balaban J connectivity index is 2.28. The molecule has 0 unspecified atom stereocenters. The summed E-state index contributed by atoms with van der Waals surface area (Å²) < 4.78 is 13.3. The monoisotopic (exact) mass is 239 g/mol. The SMILES string of the molecule is N[C@@H]1CCCN(c2cc(F)cc([N+](=O)[O-])c2)C1. The molecule has 2 N–H and O–H groups in total. The highest BCUT2D eigenvalue weighted by Gasteiger charge is 2.19. The van der Waals surface area contributed by atoms with E-state index in [0.29, 0.717) is 12.2 Å². The van der Waals surface area contributed by atoms with Gasteiger partial charge in [-0.05, 0) is 18.9 Å². The normalized spacial score (nSPS) is 20.4. The van der Waals surface area contributed by atoms with Gasteiger partial charge in [0.1, 0.15) is 5.82 Å². The van der Waals surface area contributed by atoms with E-state index in [9.17, 15) is 14.5 Å². The molecule has 1 aromatic carbocycles. The molecule has 1 atom stereocenters. The summed E-state index contributed by atoms with van der Waals surface area (Å²) >= 11 is 0. The molecular weight excluding hydrogens is 225 g/mol. The second kappa shape index (κ2) is 4.67. The molecule has 0 saturated carbocycles. The van der Waals surface area contributed by atoms with E-state index in [1.807, 2.05) is 4.90 Å². The first-order valence-electron chi connectivity index (χ1n) is 5.52. The predicted molar refractivity (Wildman–Crippen MR) is 62.5 cm³/mol. The fourth-order valence-corrected chi connectivity index (χ4v) is 2.09. The van der Waals surface area contributed by atoms with E-state index in [2.05, 4.69) is 0 Å². The number of anilines is 1. The third-order valence-corrected chi connectivity index (χ3v) is 2.90. The molecule has 1 fully saturated rings. The van der Waals surface area contributed by atoms with E-state index in [1.165, 1.54) is 12.1 Å². The van der Waals surface area contributed by atoms with Crippen molar-refractivity contribution in [2.24, 2.45) is 5.73 Å². The average Bonchev–Trinajstić information content (AvgIpc) is 2.28. The van der Waals surface area contributed by atoms with Gasteiger partial charge in [0.15, 0.2) is 0 Å². The first kappa shape index (κ1) is 11.8. The van der Waals surface area contributed by atoms with Crippen LogP contribution in [0.1, 0.15) is 12.8 Å². The number of rotatable bonds is 2. The van der Waals surface area contributed by atoms with Crippen molar-refractivity contribution in [3.8, 4) is 0 Å². The van der Waals surface area contributed by atoms with Gasteiger partial charge in [-0.3, -0.25) is 10.1 Å². The Kier molecular flexibility index (Phi) is 3.23. The van der Waals surface area contributed by atoms with Gasteiger partial charge in [-0.15, -0.1) is 0 Å². The van der Waals surface area contributed by atoms with Gasteiger partial charge in [-0.2, -0.15) is 0 Å². The molecule has 0 aromatic heterocycles. The van der Waals surface area contributed by atoms with Crippen LogP contribution in [0, 0.1) is 15.9 Å². The number of hydrogen-bond donors (Lipinski definition) is 1. The zero-order valence-corrected chi connectivity index (χ0v) is 9.30. The molecule has 5 nitrogen and oxygen atoms in total. The van der Waals surface area contributed by atoms with Crippen LogP contribution in [-0.4, -0.2) is 24.1 Å². The molecule has 17 heavy (non-hydrogen) atoms. The van der Waals surface area contributed by atoms with Crippen LogP contribution in [0.25, 0.3) is 0 Å². The lowest BCUT2D eigenvalue weighted by Crippen LogP contribution is -2.42. The summed E-state index contributed by atoms with van der Waals surface area (Å²) in [6, 6.07) is 3.67. The van der Waals surface area contributed by atoms with Crippen LogP contribution in [0.5, 0.6) is 0 Å². The molecule has 0 amide bonds. The van der Waals surface area contributed by atoms with E-state index >= 15 is 0 Å². The average molecular weight is 239 g/mol. The zero-order valence-electron chi connectivity index (χ0n) is 9.30. The molecule has 1 heterocycles. The highest BCUT2D eigenvalue weighted by molar-refractivity contribution is 5.54. The quantitative estimate of drug-likeness (QED) is 0.629. The molecule has 1 aromatic rings. The van der Waals surface area contributed by atoms with Crippen molar-refractivity contribution >= 4 is 11.4 Å². The molecule has 2 rings (SSSR count). The second-order valence-electron chi connectivity index (χ2n) is 4.27. The molecule has 1 aliphatic rings. The lowest BCUT2D eigenvalue weighted by Gasteiger charge is -2.32. The maximum Gasteiger partial charge on any atom is 0.274 e. The van der Waals surface area contributed by atoms with Crippen molar-refractivity contribution in [1.82, 2.24) is 0 Å². The number of benzene rings is 1. The lowest BCUT2D eigenvalue weighted by molar-refractivity contribution is -0.385. The number of nitrogens with zero attached hydrogens (tertiary/aromatic N) is 2. The Morgan fingerprint density at radius 3 is 2.88 bits per heavy atom. The smallest absolute Gasteiger partial charge is 0.274 e. The number of nitro groups is 1. The third kappa shape index (κ3) is 2.71. The van der Waals surface area contributed by atoms with E-state index < -0.39 is 10.7 Å². The summed E-state index contributed by atoms with van der Waals surface area (Å²) in [5.74, 6) is -0.589. The van der Waals surface area contributed by atoms with Crippen LogP contribution in [0.2, 0.25) is 0 Å². The molecule has 6 heteroatoms. The van der Waals surface area contributed by atoms with Crippen LogP contribution in [-0.2, 0) is 0 Å². The number of piperidine rings is 1. The minimum atomic E-state index is -0.589. The Bertz CT molecular complexity index is 439. The second-order valence-corrected chi connectivity index (χ2v) is 4.27. The first-order chi connectivity index (χ1) is 8.06. The van der Waals surface area contributed by atoms with E-state index in [-0.39, 0.29) is 11.7 Å². The number of nitrogens with two attached hydrogens (primary N) is 1. The maximum absolute atomic E-state index is 13.3. The minimum absolute atomic E-state index is 0.0473. The van der Waals surface area contributed by atoms with Crippen molar-refractivity contribution in [3.05, 3.63) is 34.1 Å². The number of hydrogen-bond acceptors (Lipinski definition) is 4. The summed E-state index contributed by atoms with van der Waals surface area (Å²) in [5, 5.41) is 10.6. The van der Waals surface area contributed by atoms with Gasteiger partial charge < -0.3 is 10.6 Å². The molecular formula is C11H14FN3O2. The van der Waals surface area contributed by atoms with Gasteiger partial charge in [-0.25, -0.2) is 4.39 Å². The maximum atomic E-state index is 13.3. The molecule has 0 spiro atoms. The van der Waals surface area contributed by atoms with E-state index in [4.69, 9.17) is 5.73 Å². The zero-order chi connectivity index (χ0) is 12.4. The standard InChI is InChI=1S/C11H14FN3O2/c12-8-4-10(6-11(5-8)15(16)17)14-3-1-2-9(13)7-14/h4-6,9H,1-3,7,13H2/t9-/m1/s1. The Morgan fingerprint density at radius 2 is 2.24 bits per heavy atom. The molecule has 0 bridgehead atoms. The van der Waals surface area contributed by atoms with Crippen LogP contribution in [0.4, 0.5) is 15.8 Å². The molecule has 92 valence electrons. The Hall–Kier alpha value is -1.69. The summed E-state index contributed by atoms with van der Waals surface area (Å²) in [5.41, 5.74) is 6.14. The number of halogens is 1. The molecule has 1 aliphatic heterocycles. The molecule has 0 aliphatic carbocycles. The predicted octanol–water partition coefficient (Wildman–Crippen LogP) is 1.66. The number of nitro benzene ring substituents is 1. The highest BCUT2D eigenvalue weighted by atomic mass is 19.1.